The van der Waals surface area contributed by atoms with Crippen molar-refractivity contribution in [2.45, 2.75) is 32.3 Å². The summed E-state index contributed by atoms with van der Waals surface area (Å²) >= 11 is 1.55. The van der Waals surface area contributed by atoms with E-state index in [1.807, 2.05) is 42.6 Å². The maximum absolute atomic E-state index is 12.4. The lowest BCUT2D eigenvalue weighted by molar-refractivity contribution is -0.130. The van der Waals surface area contributed by atoms with E-state index in [0.717, 1.165) is 29.1 Å². The molecule has 21 heavy (non-hydrogen) atoms. The largest absolute Gasteiger partial charge is 0.370 e. The summed E-state index contributed by atoms with van der Waals surface area (Å²) in [5.74, 6) is 0.610. The number of rotatable bonds is 7. The number of carbonyl (C=O) groups excluding carboxylic acids is 1. The molecule has 0 radical (unpaired) electrons. The quantitative estimate of drug-likeness (QED) is 0.782. The van der Waals surface area contributed by atoms with Crippen LogP contribution in [0.15, 0.2) is 35.7 Å². The van der Waals surface area contributed by atoms with Crippen LogP contribution in [-0.2, 0) is 16.0 Å². The van der Waals surface area contributed by atoms with E-state index in [1.54, 1.807) is 11.3 Å². The first-order valence-electron chi connectivity index (χ1n) is 7.42. The summed E-state index contributed by atoms with van der Waals surface area (Å²) in [4.78, 5) is 17.0. The van der Waals surface area contributed by atoms with Gasteiger partial charge in [-0.1, -0.05) is 30.3 Å². The molecule has 1 fully saturated rings. The van der Waals surface area contributed by atoms with E-state index in [-0.39, 0.29) is 11.9 Å². The summed E-state index contributed by atoms with van der Waals surface area (Å²) in [5, 5.41) is 2.90. The summed E-state index contributed by atoms with van der Waals surface area (Å²) < 4.78 is 5.62. The molecule has 1 aliphatic carbocycles. The van der Waals surface area contributed by atoms with Crippen LogP contribution in [0.1, 0.15) is 24.8 Å². The number of aromatic nitrogens is 1. The third kappa shape index (κ3) is 3.57. The van der Waals surface area contributed by atoms with Crippen LogP contribution in [0.2, 0.25) is 0 Å². The summed E-state index contributed by atoms with van der Waals surface area (Å²) in [5.41, 5.74) is 2.04. The Morgan fingerprint density at radius 1 is 1.38 bits per heavy atom. The van der Waals surface area contributed by atoms with Gasteiger partial charge < -0.3 is 4.74 Å². The Kier molecular flexibility index (Phi) is 4.46. The zero-order chi connectivity index (χ0) is 14.7. The molecule has 0 saturated heterocycles. The summed E-state index contributed by atoms with van der Waals surface area (Å²) in [6.07, 6.45) is 2.39. The molecule has 0 bridgehead atoms. The lowest BCUT2D eigenvalue weighted by atomic mass is 10.1. The van der Waals surface area contributed by atoms with E-state index in [9.17, 15) is 4.79 Å². The number of ether oxygens (including phenoxy) is 1. The second-order valence-electron chi connectivity index (χ2n) is 5.35. The van der Waals surface area contributed by atoms with Crippen molar-refractivity contribution >= 4 is 17.1 Å². The van der Waals surface area contributed by atoms with Crippen molar-refractivity contribution in [3.63, 3.8) is 0 Å². The van der Waals surface area contributed by atoms with E-state index in [0.29, 0.717) is 18.9 Å². The van der Waals surface area contributed by atoms with E-state index in [2.05, 4.69) is 4.98 Å². The first kappa shape index (κ1) is 14.4. The predicted octanol–water partition coefficient (Wildman–Crippen LogP) is 3.74. The molecule has 1 aromatic heterocycles. The lowest BCUT2D eigenvalue weighted by Crippen LogP contribution is -2.28. The molecule has 3 rings (SSSR count). The Bertz CT molecular complexity index is 604. The highest BCUT2D eigenvalue weighted by molar-refractivity contribution is 7.10. The fourth-order valence-electron chi connectivity index (χ4n) is 2.45. The fourth-order valence-corrected chi connectivity index (χ4v) is 3.27. The minimum absolute atomic E-state index is 0.174. The van der Waals surface area contributed by atoms with Crippen molar-refractivity contribution in [1.29, 1.82) is 0 Å². The number of ketones is 1. The maximum Gasteiger partial charge on any atom is 0.168 e. The molecular formula is C17H19NO2S. The van der Waals surface area contributed by atoms with Gasteiger partial charge in [-0.2, -0.15) is 0 Å². The zero-order valence-corrected chi connectivity index (χ0v) is 12.9. The maximum atomic E-state index is 12.4. The molecule has 0 spiro atoms. The minimum Gasteiger partial charge on any atom is -0.370 e. The van der Waals surface area contributed by atoms with Gasteiger partial charge in [0.15, 0.2) is 5.78 Å². The number of hydrogen-bond donors (Lipinski definition) is 0. The predicted molar refractivity (Wildman–Crippen MR) is 84.4 cm³/mol. The Hall–Kier alpha value is -1.52. The Morgan fingerprint density at radius 2 is 2.14 bits per heavy atom. The number of nitrogens with zero attached hydrogens (tertiary/aromatic N) is 1. The van der Waals surface area contributed by atoms with Crippen molar-refractivity contribution < 1.29 is 9.53 Å². The number of carbonyl (C=O) groups is 1. The van der Waals surface area contributed by atoms with Crippen molar-refractivity contribution in [1.82, 2.24) is 4.98 Å². The van der Waals surface area contributed by atoms with Gasteiger partial charge in [0.25, 0.3) is 0 Å². The molecule has 4 heteroatoms. The second-order valence-corrected chi connectivity index (χ2v) is 6.29. The number of benzene rings is 1. The zero-order valence-electron chi connectivity index (χ0n) is 12.1. The smallest absolute Gasteiger partial charge is 0.168 e. The van der Waals surface area contributed by atoms with E-state index in [1.165, 1.54) is 0 Å². The molecule has 0 amide bonds. The van der Waals surface area contributed by atoms with Crippen molar-refractivity contribution in [2.75, 3.05) is 6.61 Å². The molecule has 1 saturated carbocycles. The molecule has 2 aromatic rings. The molecule has 1 atom stereocenters. The van der Waals surface area contributed by atoms with Crippen LogP contribution in [0, 0.1) is 5.92 Å². The summed E-state index contributed by atoms with van der Waals surface area (Å²) in [7, 11) is 0. The monoisotopic (exact) mass is 301 g/mol. The average molecular weight is 301 g/mol. The molecule has 110 valence electrons. The number of hydrogen-bond acceptors (Lipinski definition) is 4. The van der Waals surface area contributed by atoms with Gasteiger partial charge >= 0.3 is 0 Å². The lowest BCUT2D eigenvalue weighted by Gasteiger charge is -2.14. The SMILES string of the molecule is CCOC(C(=O)Cc1nc(-c2ccccc2)cs1)C1CC1. The van der Waals surface area contributed by atoms with Gasteiger partial charge in [-0.3, -0.25) is 4.79 Å². The van der Waals surface area contributed by atoms with Gasteiger partial charge in [0.2, 0.25) is 0 Å². The molecule has 0 N–H and O–H groups in total. The van der Waals surface area contributed by atoms with Crippen LogP contribution in [0.4, 0.5) is 0 Å². The topological polar surface area (TPSA) is 39.2 Å². The minimum atomic E-state index is -0.223. The van der Waals surface area contributed by atoms with Crippen LogP contribution in [-0.4, -0.2) is 23.5 Å². The van der Waals surface area contributed by atoms with Gasteiger partial charge in [0.05, 0.1) is 12.1 Å². The van der Waals surface area contributed by atoms with Crippen molar-refractivity contribution in [3.05, 3.63) is 40.7 Å². The first-order chi connectivity index (χ1) is 10.3. The van der Waals surface area contributed by atoms with Gasteiger partial charge in [0.1, 0.15) is 11.1 Å². The van der Waals surface area contributed by atoms with Crippen LogP contribution < -0.4 is 0 Å². The molecular weight excluding hydrogens is 282 g/mol. The molecule has 0 aliphatic heterocycles. The van der Waals surface area contributed by atoms with Gasteiger partial charge in [-0.05, 0) is 25.7 Å². The fraction of sp³-hybridized carbons (Fsp3) is 0.412. The molecule has 1 unspecified atom stereocenters. The van der Waals surface area contributed by atoms with Gasteiger partial charge in [-0.25, -0.2) is 4.98 Å². The second kappa shape index (κ2) is 6.50. The van der Waals surface area contributed by atoms with Crippen molar-refractivity contribution in [3.8, 4) is 11.3 Å². The highest BCUT2D eigenvalue weighted by Gasteiger charge is 2.36. The van der Waals surface area contributed by atoms with Gasteiger partial charge in [-0.15, -0.1) is 11.3 Å². The average Bonchev–Trinajstić information content (AvgIpc) is 3.24. The van der Waals surface area contributed by atoms with Crippen molar-refractivity contribution in [2.24, 2.45) is 5.92 Å². The standard InChI is InChI=1S/C17H19NO2S/c1-2-20-17(13-8-9-13)15(19)10-16-18-14(11-21-16)12-6-4-3-5-7-12/h3-7,11,13,17H,2,8-10H2,1H3. The van der Waals surface area contributed by atoms with Crippen LogP contribution in [0.25, 0.3) is 11.3 Å². The molecule has 3 nitrogen and oxygen atoms in total. The number of thiazole rings is 1. The van der Waals surface area contributed by atoms with Gasteiger partial charge in [0, 0.05) is 17.6 Å². The Morgan fingerprint density at radius 3 is 2.81 bits per heavy atom. The highest BCUT2D eigenvalue weighted by Crippen LogP contribution is 2.35. The van der Waals surface area contributed by atoms with E-state index >= 15 is 0 Å². The third-order valence-corrected chi connectivity index (χ3v) is 4.51. The first-order valence-corrected chi connectivity index (χ1v) is 8.30. The van der Waals surface area contributed by atoms with E-state index < -0.39 is 0 Å². The molecule has 1 aliphatic rings. The Labute approximate surface area is 129 Å². The highest BCUT2D eigenvalue weighted by atomic mass is 32.1. The van der Waals surface area contributed by atoms with Crippen LogP contribution in [0.3, 0.4) is 0 Å². The molecule has 1 aromatic carbocycles. The summed E-state index contributed by atoms with van der Waals surface area (Å²) in [6, 6.07) is 10.1. The molecule has 1 heterocycles. The summed E-state index contributed by atoms with van der Waals surface area (Å²) in [6.45, 7) is 2.54. The Balaban J connectivity index is 1.68. The third-order valence-electron chi connectivity index (χ3n) is 3.66. The van der Waals surface area contributed by atoms with Crippen LogP contribution >= 0.6 is 11.3 Å². The van der Waals surface area contributed by atoms with Crippen LogP contribution in [0.5, 0.6) is 0 Å². The normalized spacial score (nSPS) is 15.9. The van der Waals surface area contributed by atoms with E-state index in [4.69, 9.17) is 4.74 Å². The number of Topliss-reactive ketones (excluding diaryl/α,β-unsaturated/α-hetero) is 1.